The summed E-state index contributed by atoms with van der Waals surface area (Å²) in [5.41, 5.74) is 2.32. The molecule has 1 heterocycles. The molecular weight excluding hydrogens is 262 g/mol. The van der Waals surface area contributed by atoms with E-state index in [0.29, 0.717) is 11.6 Å². The third-order valence-corrected chi connectivity index (χ3v) is 4.46. The van der Waals surface area contributed by atoms with Gasteiger partial charge in [0.15, 0.2) is 0 Å². The Hall–Kier alpha value is -2.10. The summed E-state index contributed by atoms with van der Waals surface area (Å²) >= 11 is 0. The number of aromatic amines is 1. The molecule has 21 heavy (non-hydrogen) atoms. The van der Waals surface area contributed by atoms with Gasteiger partial charge in [-0.2, -0.15) is 5.10 Å². The summed E-state index contributed by atoms with van der Waals surface area (Å²) in [6.07, 6.45) is 2.39. The highest BCUT2D eigenvalue weighted by Gasteiger charge is 2.32. The maximum Gasteiger partial charge on any atom is 0.274 e. The van der Waals surface area contributed by atoms with E-state index in [1.807, 2.05) is 43.4 Å². The Bertz CT molecular complexity index is 641. The van der Waals surface area contributed by atoms with E-state index in [2.05, 4.69) is 24.0 Å². The first kappa shape index (κ1) is 13.9. The van der Waals surface area contributed by atoms with Gasteiger partial charge < -0.3 is 4.90 Å². The second kappa shape index (κ2) is 5.02. The van der Waals surface area contributed by atoms with Crippen molar-refractivity contribution in [1.82, 2.24) is 15.1 Å². The van der Waals surface area contributed by atoms with Crippen LogP contribution in [0.25, 0.3) is 0 Å². The molecule has 0 bridgehead atoms. The first-order valence-corrected chi connectivity index (χ1v) is 7.39. The van der Waals surface area contributed by atoms with Crippen LogP contribution >= 0.6 is 0 Å². The fourth-order valence-corrected chi connectivity index (χ4v) is 2.52. The largest absolute Gasteiger partial charge is 0.331 e. The molecule has 0 unspecified atom stereocenters. The monoisotopic (exact) mass is 283 g/mol. The smallest absolute Gasteiger partial charge is 0.274 e. The van der Waals surface area contributed by atoms with Crippen LogP contribution < -0.4 is 0 Å². The molecular formula is C17H21N3O. The highest BCUT2D eigenvalue weighted by Crippen LogP contribution is 2.39. The summed E-state index contributed by atoms with van der Waals surface area (Å²) in [4.78, 5) is 14.4. The molecule has 1 aromatic carbocycles. The van der Waals surface area contributed by atoms with Crippen molar-refractivity contribution in [3.8, 4) is 0 Å². The standard InChI is InChI=1S/C17H21N3O/c1-17(2,13-7-5-4-6-8-13)20(3)16(21)15-11-14(18-19-15)12-9-10-12/h4-8,11-12H,9-10H2,1-3H3,(H,18,19). The van der Waals surface area contributed by atoms with E-state index in [-0.39, 0.29) is 11.4 Å². The zero-order valence-electron chi connectivity index (χ0n) is 12.8. The van der Waals surface area contributed by atoms with Crippen LogP contribution in [0.5, 0.6) is 0 Å². The number of H-pyrrole nitrogens is 1. The number of rotatable bonds is 4. The van der Waals surface area contributed by atoms with Gasteiger partial charge in [0.05, 0.1) is 5.54 Å². The molecule has 1 aliphatic carbocycles. The Balaban J connectivity index is 1.82. The van der Waals surface area contributed by atoms with Gasteiger partial charge in [-0.05, 0) is 38.3 Å². The Labute approximate surface area is 125 Å². The molecule has 0 saturated heterocycles. The van der Waals surface area contributed by atoms with E-state index in [9.17, 15) is 4.79 Å². The number of carbonyl (C=O) groups excluding carboxylic acids is 1. The Morgan fingerprint density at radius 2 is 1.95 bits per heavy atom. The van der Waals surface area contributed by atoms with Crippen molar-refractivity contribution in [1.29, 1.82) is 0 Å². The summed E-state index contributed by atoms with van der Waals surface area (Å²) in [7, 11) is 1.83. The number of amides is 1. The van der Waals surface area contributed by atoms with Crippen molar-refractivity contribution in [2.24, 2.45) is 0 Å². The highest BCUT2D eigenvalue weighted by atomic mass is 16.2. The van der Waals surface area contributed by atoms with Crippen LogP contribution in [-0.2, 0) is 5.54 Å². The van der Waals surface area contributed by atoms with Gasteiger partial charge in [0.1, 0.15) is 5.69 Å². The SMILES string of the molecule is CN(C(=O)c1cc(C2CC2)[nH]n1)C(C)(C)c1ccccc1. The third-order valence-electron chi connectivity index (χ3n) is 4.46. The molecule has 0 aliphatic heterocycles. The van der Waals surface area contributed by atoms with Gasteiger partial charge in [-0.25, -0.2) is 0 Å². The lowest BCUT2D eigenvalue weighted by Gasteiger charge is -2.35. The first-order valence-electron chi connectivity index (χ1n) is 7.39. The molecule has 3 rings (SSSR count). The Morgan fingerprint density at radius 3 is 2.57 bits per heavy atom. The van der Waals surface area contributed by atoms with Gasteiger partial charge in [0, 0.05) is 18.7 Å². The van der Waals surface area contributed by atoms with Crippen molar-refractivity contribution in [2.45, 2.75) is 38.1 Å². The van der Waals surface area contributed by atoms with Gasteiger partial charge >= 0.3 is 0 Å². The summed E-state index contributed by atoms with van der Waals surface area (Å²) in [6, 6.07) is 12.0. The number of hydrogen-bond donors (Lipinski definition) is 1. The molecule has 110 valence electrons. The van der Waals surface area contributed by atoms with Crippen LogP contribution in [0, 0.1) is 0 Å². The molecule has 1 saturated carbocycles. The number of nitrogens with zero attached hydrogens (tertiary/aromatic N) is 2. The Kier molecular flexibility index (Phi) is 3.32. The van der Waals surface area contributed by atoms with Crippen molar-refractivity contribution in [3.63, 3.8) is 0 Å². The van der Waals surface area contributed by atoms with Gasteiger partial charge in [-0.1, -0.05) is 30.3 Å². The fraction of sp³-hybridized carbons (Fsp3) is 0.412. The zero-order valence-corrected chi connectivity index (χ0v) is 12.8. The van der Waals surface area contributed by atoms with Crippen molar-refractivity contribution in [3.05, 3.63) is 53.3 Å². The van der Waals surface area contributed by atoms with Gasteiger partial charge in [-0.15, -0.1) is 0 Å². The van der Waals surface area contributed by atoms with Crippen molar-refractivity contribution < 1.29 is 4.79 Å². The first-order chi connectivity index (χ1) is 10.00. The normalized spacial score (nSPS) is 15.0. The van der Waals surface area contributed by atoms with E-state index in [1.54, 1.807) is 4.90 Å². The number of aromatic nitrogens is 2. The maximum absolute atomic E-state index is 12.7. The minimum atomic E-state index is -0.378. The highest BCUT2D eigenvalue weighted by molar-refractivity contribution is 5.92. The molecule has 4 nitrogen and oxygen atoms in total. The lowest BCUT2D eigenvalue weighted by Crippen LogP contribution is -2.42. The topological polar surface area (TPSA) is 49.0 Å². The fourth-order valence-electron chi connectivity index (χ4n) is 2.52. The molecule has 1 amide bonds. The third kappa shape index (κ3) is 2.58. The van der Waals surface area contributed by atoms with Crippen LogP contribution in [0.15, 0.2) is 36.4 Å². The summed E-state index contributed by atoms with van der Waals surface area (Å²) in [5, 5.41) is 7.19. The summed E-state index contributed by atoms with van der Waals surface area (Å²) < 4.78 is 0. The second-order valence-corrected chi connectivity index (χ2v) is 6.27. The minimum absolute atomic E-state index is 0.0491. The van der Waals surface area contributed by atoms with Crippen LogP contribution in [-0.4, -0.2) is 28.1 Å². The molecule has 1 fully saturated rings. The minimum Gasteiger partial charge on any atom is -0.331 e. The van der Waals surface area contributed by atoms with Crippen LogP contribution in [0.4, 0.5) is 0 Å². The second-order valence-electron chi connectivity index (χ2n) is 6.27. The van der Waals surface area contributed by atoms with Gasteiger partial charge in [-0.3, -0.25) is 9.89 Å². The molecule has 1 aromatic heterocycles. The number of hydrogen-bond acceptors (Lipinski definition) is 2. The molecule has 4 heteroatoms. The molecule has 0 atom stereocenters. The van der Waals surface area contributed by atoms with Crippen molar-refractivity contribution >= 4 is 5.91 Å². The van der Waals surface area contributed by atoms with E-state index >= 15 is 0 Å². The average molecular weight is 283 g/mol. The number of carbonyl (C=O) groups is 1. The van der Waals surface area contributed by atoms with Crippen LogP contribution in [0.1, 0.15) is 54.4 Å². The van der Waals surface area contributed by atoms with E-state index in [1.165, 1.54) is 12.8 Å². The summed E-state index contributed by atoms with van der Waals surface area (Å²) in [5.74, 6) is 0.526. The Morgan fingerprint density at radius 1 is 1.29 bits per heavy atom. The predicted molar refractivity (Wildman–Crippen MR) is 82.1 cm³/mol. The molecule has 0 spiro atoms. The molecule has 1 aliphatic rings. The average Bonchev–Trinajstić information content (AvgIpc) is 3.24. The molecule has 0 radical (unpaired) electrons. The molecule has 1 N–H and O–H groups in total. The van der Waals surface area contributed by atoms with Crippen LogP contribution in [0.3, 0.4) is 0 Å². The van der Waals surface area contributed by atoms with E-state index in [0.717, 1.165) is 11.3 Å². The number of nitrogens with one attached hydrogen (secondary N) is 1. The van der Waals surface area contributed by atoms with Crippen molar-refractivity contribution in [2.75, 3.05) is 7.05 Å². The predicted octanol–water partition coefficient (Wildman–Crippen LogP) is 3.29. The van der Waals surface area contributed by atoms with E-state index < -0.39 is 0 Å². The zero-order chi connectivity index (χ0) is 15.0. The number of benzene rings is 1. The lowest BCUT2D eigenvalue weighted by molar-refractivity contribution is 0.0616. The summed E-state index contributed by atoms with van der Waals surface area (Å²) in [6.45, 7) is 4.10. The van der Waals surface area contributed by atoms with E-state index in [4.69, 9.17) is 0 Å². The molecule has 2 aromatic rings. The lowest BCUT2D eigenvalue weighted by atomic mass is 9.92. The quantitative estimate of drug-likeness (QED) is 0.936. The maximum atomic E-state index is 12.7. The van der Waals surface area contributed by atoms with Gasteiger partial charge in [0.2, 0.25) is 0 Å². The van der Waals surface area contributed by atoms with Crippen LogP contribution in [0.2, 0.25) is 0 Å². The van der Waals surface area contributed by atoms with Gasteiger partial charge in [0.25, 0.3) is 5.91 Å².